The van der Waals surface area contributed by atoms with Crippen LogP contribution in [0.5, 0.6) is 0 Å². The quantitative estimate of drug-likeness (QED) is 0.426. The van der Waals surface area contributed by atoms with E-state index in [-0.39, 0.29) is 6.42 Å². The van der Waals surface area contributed by atoms with E-state index in [0.29, 0.717) is 6.42 Å². The van der Waals surface area contributed by atoms with Crippen LogP contribution >= 0.6 is 0 Å². The molecule has 0 aliphatic carbocycles. The number of carbonyl (C=O) groups excluding carboxylic acids is 2. The molecule has 0 aliphatic rings. The fourth-order valence-electron chi connectivity index (χ4n) is 1.65. The molecule has 0 aromatic rings. The lowest BCUT2D eigenvalue weighted by atomic mass is 9.92. The average Bonchev–Trinajstić information content (AvgIpc) is 2.25. The van der Waals surface area contributed by atoms with Gasteiger partial charge in [-0.25, -0.2) is 10.3 Å². The summed E-state index contributed by atoms with van der Waals surface area (Å²) in [6, 6.07) is 0. The molecule has 0 rings (SSSR count). The highest BCUT2D eigenvalue weighted by atomic mass is 16.6. The Labute approximate surface area is 126 Å². The Bertz CT molecular complexity index is 393. The van der Waals surface area contributed by atoms with Crippen molar-refractivity contribution in [2.45, 2.75) is 65.1 Å². The highest BCUT2D eigenvalue weighted by molar-refractivity contribution is 5.87. The third-order valence-electron chi connectivity index (χ3n) is 2.56. The van der Waals surface area contributed by atoms with E-state index >= 15 is 0 Å². The van der Waals surface area contributed by atoms with E-state index < -0.39 is 29.5 Å². The first-order chi connectivity index (χ1) is 9.50. The summed E-state index contributed by atoms with van der Waals surface area (Å²) in [5, 5.41) is 10.5. The SMILES string of the molecule is CONC(=O)CC(O)(CCC=C(C)C)C(=O)OC(C)(C)C. The first-order valence-electron chi connectivity index (χ1n) is 6.91. The van der Waals surface area contributed by atoms with Gasteiger partial charge < -0.3 is 9.84 Å². The molecule has 21 heavy (non-hydrogen) atoms. The molecule has 1 unspecified atom stereocenters. The van der Waals surface area contributed by atoms with Gasteiger partial charge in [-0.3, -0.25) is 9.63 Å². The van der Waals surface area contributed by atoms with Gasteiger partial charge in [0.2, 0.25) is 5.91 Å². The van der Waals surface area contributed by atoms with E-state index in [9.17, 15) is 14.7 Å². The number of hydrogen-bond donors (Lipinski definition) is 2. The fourth-order valence-corrected chi connectivity index (χ4v) is 1.65. The van der Waals surface area contributed by atoms with Crippen LogP contribution in [0, 0.1) is 0 Å². The van der Waals surface area contributed by atoms with Crippen LogP contribution in [0.4, 0.5) is 0 Å². The largest absolute Gasteiger partial charge is 0.458 e. The molecule has 0 fully saturated rings. The number of esters is 1. The Kier molecular flexibility index (Phi) is 7.60. The Morgan fingerprint density at radius 3 is 2.24 bits per heavy atom. The summed E-state index contributed by atoms with van der Waals surface area (Å²) in [4.78, 5) is 28.3. The number of aliphatic hydroxyl groups is 1. The zero-order valence-corrected chi connectivity index (χ0v) is 13.8. The molecule has 1 atom stereocenters. The number of allylic oxidation sites excluding steroid dienone is 2. The van der Waals surface area contributed by atoms with Crippen LogP contribution in [0.3, 0.4) is 0 Å². The van der Waals surface area contributed by atoms with Crippen molar-refractivity contribution in [1.29, 1.82) is 0 Å². The number of nitrogens with one attached hydrogen (secondary N) is 1. The van der Waals surface area contributed by atoms with E-state index in [1.54, 1.807) is 20.8 Å². The van der Waals surface area contributed by atoms with E-state index in [2.05, 4.69) is 10.3 Å². The van der Waals surface area contributed by atoms with Crippen LogP contribution in [0.15, 0.2) is 11.6 Å². The Morgan fingerprint density at radius 1 is 1.24 bits per heavy atom. The monoisotopic (exact) mass is 301 g/mol. The molecule has 0 aromatic heterocycles. The van der Waals surface area contributed by atoms with E-state index in [0.717, 1.165) is 5.57 Å². The lowest BCUT2D eigenvalue weighted by molar-refractivity contribution is -0.180. The molecule has 2 N–H and O–H groups in total. The lowest BCUT2D eigenvalue weighted by Gasteiger charge is -2.29. The first-order valence-corrected chi connectivity index (χ1v) is 6.91. The van der Waals surface area contributed by atoms with Crippen LogP contribution in [0.2, 0.25) is 0 Å². The van der Waals surface area contributed by atoms with Crippen molar-refractivity contribution in [3.8, 4) is 0 Å². The number of hydroxylamine groups is 1. The maximum Gasteiger partial charge on any atom is 0.339 e. The number of rotatable bonds is 7. The third kappa shape index (κ3) is 8.47. The van der Waals surface area contributed by atoms with E-state index in [4.69, 9.17) is 4.74 Å². The van der Waals surface area contributed by atoms with Gasteiger partial charge >= 0.3 is 5.97 Å². The predicted octanol–water partition coefficient (Wildman–Crippen LogP) is 1.87. The summed E-state index contributed by atoms with van der Waals surface area (Å²) in [5.41, 5.74) is 0.558. The van der Waals surface area contributed by atoms with Crippen molar-refractivity contribution in [2.24, 2.45) is 0 Å². The second kappa shape index (κ2) is 8.14. The molecule has 0 heterocycles. The van der Waals surface area contributed by atoms with Gasteiger partial charge in [0, 0.05) is 0 Å². The molecular weight excluding hydrogens is 274 g/mol. The Balaban J connectivity index is 5.01. The molecule has 6 heteroatoms. The van der Waals surface area contributed by atoms with Crippen LogP contribution < -0.4 is 5.48 Å². The summed E-state index contributed by atoms with van der Waals surface area (Å²) in [6.45, 7) is 8.96. The number of ether oxygens (including phenoxy) is 1. The van der Waals surface area contributed by atoms with Gasteiger partial charge in [-0.1, -0.05) is 11.6 Å². The average molecular weight is 301 g/mol. The van der Waals surface area contributed by atoms with Gasteiger partial charge in [0.15, 0.2) is 5.60 Å². The number of carbonyl (C=O) groups is 2. The molecule has 1 amide bonds. The van der Waals surface area contributed by atoms with Crippen molar-refractivity contribution in [2.75, 3.05) is 7.11 Å². The zero-order chi connectivity index (χ0) is 16.7. The molecule has 0 saturated heterocycles. The highest BCUT2D eigenvalue weighted by Gasteiger charge is 2.41. The number of hydrogen-bond acceptors (Lipinski definition) is 5. The smallest absolute Gasteiger partial charge is 0.339 e. The van der Waals surface area contributed by atoms with Crippen molar-refractivity contribution < 1.29 is 24.3 Å². The molecular formula is C15H27NO5. The fraction of sp³-hybridized carbons (Fsp3) is 0.733. The van der Waals surface area contributed by atoms with Crippen molar-refractivity contribution >= 4 is 11.9 Å². The van der Waals surface area contributed by atoms with Crippen molar-refractivity contribution in [3.63, 3.8) is 0 Å². The molecule has 0 bridgehead atoms. The van der Waals surface area contributed by atoms with Crippen LogP contribution in [-0.2, 0) is 19.2 Å². The Morgan fingerprint density at radius 2 is 1.81 bits per heavy atom. The summed E-state index contributed by atoms with van der Waals surface area (Å²) in [5.74, 6) is -1.38. The summed E-state index contributed by atoms with van der Waals surface area (Å²) < 4.78 is 5.21. The minimum atomic E-state index is -1.87. The molecule has 122 valence electrons. The minimum absolute atomic E-state index is 0.101. The zero-order valence-electron chi connectivity index (χ0n) is 13.8. The lowest BCUT2D eigenvalue weighted by Crippen LogP contribution is -2.46. The van der Waals surface area contributed by atoms with Crippen molar-refractivity contribution in [1.82, 2.24) is 5.48 Å². The molecule has 0 aliphatic heterocycles. The standard InChI is InChI=1S/C15H27NO5/c1-11(2)8-7-9-15(19,10-12(17)16-20-6)13(18)21-14(3,4)5/h8,19H,7,9-10H2,1-6H3,(H,16,17). The second-order valence-corrected chi connectivity index (χ2v) is 6.26. The van der Waals surface area contributed by atoms with Gasteiger partial charge in [-0.2, -0.15) is 0 Å². The Hall–Kier alpha value is -1.40. The number of amides is 1. The minimum Gasteiger partial charge on any atom is -0.458 e. The maximum atomic E-state index is 12.2. The predicted molar refractivity (Wildman–Crippen MR) is 79.2 cm³/mol. The molecule has 0 saturated carbocycles. The van der Waals surface area contributed by atoms with Gasteiger partial charge in [-0.05, 0) is 47.5 Å². The van der Waals surface area contributed by atoms with Gasteiger partial charge in [0.1, 0.15) is 5.60 Å². The van der Waals surface area contributed by atoms with Gasteiger partial charge in [0.25, 0.3) is 0 Å². The summed E-state index contributed by atoms with van der Waals surface area (Å²) in [7, 11) is 1.29. The van der Waals surface area contributed by atoms with E-state index in [1.165, 1.54) is 7.11 Å². The molecule has 0 aromatic carbocycles. The highest BCUT2D eigenvalue weighted by Crippen LogP contribution is 2.23. The summed E-state index contributed by atoms with van der Waals surface area (Å²) in [6.07, 6.45) is 2.05. The topological polar surface area (TPSA) is 84.9 Å². The summed E-state index contributed by atoms with van der Waals surface area (Å²) >= 11 is 0. The van der Waals surface area contributed by atoms with Gasteiger partial charge in [0.05, 0.1) is 13.5 Å². The van der Waals surface area contributed by atoms with Crippen molar-refractivity contribution in [3.05, 3.63) is 11.6 Å². The second-order valence-electron chi connectivity index (χ2n) is 6.26. The van der Waals surface area contributed by atoms with E-state index in [1.807, 2.05) is 19.9 Å². The molecule has 0 spiro atoms. The van der Waals surface area contributed by atoms with Gasteiger partial charge in [-0.15, -0.1) is 0 Å². The van der Waals surface area contributed by atoms with Crippen LogP contribution in [-0.4, -0.2) is 35.3 Å². The third-order valence-corrected chi connectivity index (χ3v) is 2.56. The maximum absolute atomic E-state index is 12.2. The van der Waals surface area contributed by atoms with Crippen LogP contribution in [0.1, 0.15) is 53.9 Å². The first kappa shape index (κ1) is 19.6. The normalized spacial score (nSPS) is 14.0. The van der Waals surface area contributed by atoms with Crippen LogP contribution in [0.25, 0.3) is 0 Å². The molecule has 6 nitrogen and oxygen atoms in total. The molecule has 0 radical (unpaired) electrons.